The number of ether oxygens (including phenoxy) is 2. The Bertz CT molecular complexity index is 753. The molecule has 2 rings (SSSR count). The quantitative estimate of drug-likeness (QED) is 0.625. The molecule has 148 valence electrons. The molecule has 0 amide bonds. The summed E-state index contributed by atoms with van der Waals surface area (Å²) >= 11 is 0. The summed E-state index contributed by atoms with van der Waals surface area (Å²) in [6.45, 7) is 6.11. The first-order valence-corrected chi connectivity index (χ1v) is 8.83. The molecule has 0 radical (unpaired) electrons. The number of alkyl halides is 3. The number of rotatable bonds is 8. The van der Waals surface area contributed by atoms with Crippen LogP contribution in [0.25, 0.3) is 0 Å². The zero-order valence-electron chi connectivity index (χ0n) is 15.9. The minimum Gasteiger partial charge on any atom is -0.494 e. The molecular weight excluding hydrogens is 359 g/mol. The second-order valence-electron chi connectivity index (χ2n) is 6.13. The van der Waals surface area contributed by atoms with Gasteiger partial charge in [-0.1, -0.05) is 19.9 Å². The monoisotopic (exact) mass is 383 g/mol. The van der Waals surface area contributed by atoms with Gasteiger partial charge in [0.2, 0.25) is 11.8 Å². The molecule has 1 atom stereocenters. The van der Waals surface area contributed by atoms with E-state index in [1.807, 2.05) is 19.9 Å². The SMILES string of the molecule is CCCOc1cccc(N(C)c2ncc(C(F)(F)F)c(OC(C)CC)n2)c1. The van der Waals surface area contributed by atoms with Gasteiger partial charge in [0.15, 0.2) is 0 Å². The molecule has 27 heavy (non-hydrogen) atoms. The molecule has 0 bridgehead atoms. The van der Waals surface area contributed by atoms with E-state index in [1.54, 1.807) is 37.1 Å². The van der Waals surface area contributed by atoms with Crippen LogP contribution in [-0.2, 0) is 6.18 Å². The highest BCUT2D eigenvalue weighted by molar-refractivity contribution is 5.59. The summed E-state index contributed by atoms with van der Waals surface area (Å²) < 4.78 is 50.7. The molecule has 1 aromatic heterocycles. The molecular formula is C19H24F3N3O2. The van der Waals surface area contributed by atoms with Gasteiger partial charge in [0.1, 0.15) is 11.3 Å². The van der Waals surface area contributed by atoms with Crippen LogP contribution >= 0.6 is 0 Å². The van der Waals surface area contributed by atoms with Crippen LogP contribution in [0, 0.1) is 0 Å². The van der Waals surface area contributed by atoms with Crippen LogP contribution in [0.1, 0.15) is 39.2 Å². The molecule has 2 aromatic rings. The van der Waals surface area contributed by atoms with Gasteiger partial charge in [-0.3, -0.25) is 0 Å². The lowest BCUT2D eigenvalue weighted by Gasteiger charge is -2.21. The number of hydrogen-bond donors (Lipinski definition) is 0. The summed E-state index contributed by atoms with van der Waals surface area (Å²) in [6, 6.07) is 7.20. The van der Waals surface area contributed by atoms with Crippen molar-refractivity contribution in [2.45, 2.75) is 45.9 Å². The van der Waals surface area contributed by atoms with E-state index in [-0.39, 0.29) is 5.95 Å². The van der Waals surface area contributed by atoms with Gasteiger partial charge in [0.25, 0.3) is 0 Å². The lowest BCUT2D eigenvalue weighted by Crippen LogP contribution is -2.19. The third-order valence-corrected chi connectivity index (χ3v) is 3.91. The normalized spacial score (nSPS) is 12.6. The highest BCUT2D eigenvalue weighted by Crippen LogP contribution is 2.36. The van der Waals surface area contributed by atoms with Gasteiger partial charge in [-0.25, -0.2) is 4.98 Å². The minimum absolute atomic E-state index is 0.106. The van der Waals surface area contributed by atoms with Gasteiger partial charge in [-0.05, 0) is 31.9 Å². The molecule has 0 aliphatic rings. The predicted molar refractivity (Wildman–Crippen MR) is 97.7 cm³/mol. The van der Waals surface area contributed by atoms with E-state index in [0.29, 0.717) is 24.5 Å². The van der Waals surface area contributed by atoms with Crippen molar-refractivity contribution in [3.8, 4) is 11.6 Å². The van der Waals surface area contributed by atoms with Crippen molar-refractivity contribution in [1.29, 1.82) is 0 Å². The summed E-state index contributed by atoms with van der Waals surface area (Å²) in [4.78, 5) is 9.49. The summed E-state index contributed by atoms with van der Waals surface area (Å²) in [5, 5.41) is 0. The van der Waals surface area contributed by atoms with E-state index in [9.17, 15) is 13.2 Å². The minimum atomic E-state index is -4.59. The fourth-order valence-corrected chi connectivity index (χ4v) is 2.19. The summed E-state index contributed by atoms with van der Waals surface area (Å²) in [6.07, 6.45) is -2.80. The Morgan fingerprint density at radius 3 is 2.59 bits per heavy atom. The third-order valence-electron chi connectivity index (χ3n) is 3.91. The first-order valence-electron chi connectivity index (χ1n) is 8.83. The maximum atomic E-state index is 13.2. The Balaban J connectivity index is 2.35. The van der Waals surface area contributed by atoms with Crippen molar-refractivity contribution in [1.82, 2.24) is 9.97 Å². The molecule has 0 spiro atoms. The van der Waals surface area contributed by atoms with Crippen molar-refractivity contribution >= 4 is 11.6 Å². The highest BCUT2D eigenvalue weighted by Gasteiger charge is 2.37. The van der Waals surface area contributed by atoms with Crippen LogP contribution < -0.4 is 14.4 Å². The Kier molecular flexibility index (Phi) is 6.87. The van der Waals surface area contributed by atoms with Gasteiger partial charge in [-0.15, -0.1) is 0 Å². The average molecular weight is 383 g/mol. The van der Waals surface area contributed by atoms with E-state index < -0.39 is 23.7 Å². The van der Waals surface area contributed by atoms with E-state index in [1.165, 1.54) is 0 Å². The third kappa shape index (κ3) is 5.48. The summed E-state index contributed by atoms with van der Waals surface area (Å²) in [5.74, 6) is 0.310. The molecule has 5 nitrogen and oxygen atoms in total. The number of halogens is 3. The van der Waals surface area contributed by atoms with E-state index in [2.05, 4.69) is 9.97 Å². The van der Waals surface area contributed by atoms with Crippen LogP contribution in [0.5, 0.6) is 11.6 Å². The smallest absolute Gasteiger partial charge is 0.423 e. The van der Waals surface area contributed by atoms with Crippen molar-refractivity contribution < 1.29 is 22.6 Å². The first kappa shape index (κ1) is 20.8. The van der Waals surface area contributed by atoms with Gasteiger partial charge < -0.3 is 14.4 Å². The fraction of sp³-hybridized carbons (Fsp3) is 0.474. The maximum Gasteiger partial charge on any atom is 0.423 e. The molecule has 0 saturated carbocycles. The molecule has 1 unspecified atom stereocenters. The lowest BCUT2D eigenvalue weighted by atomic mass is 10.2. The summed E-state index contributed by atoms with van der Waals surface area (Å²) in [7, 11) is 1.68. The largest absolute Gasteiger partial charge is 0.494 e. The molecule has 0 aliphatic heterocycles. The van der Waals surface area contributed by atoms with Gasteiger partial charge >= 0.3 is 6.18 Å². The summed E-state index contributed by atoms with van der Waals surface area (Å²) in [5.41, 5.74) is -0.294. The van der Waals surface area contributed by atoms with Gasteiger partial charge in [-0.2, -0.15) is 18.2 Å². The molecule has 1 aromatic carbocycles. The lowest BCUT2D eigenvalue weighted by molar-refractivity contribution is -0.139. The van der Waals surface area contributed by atoms with E-state index in [4.69, 9.17) is 9.47 Å². The van der Waals surface area contributed by atoms with Gasteiger partial charge in [0, 0.05) is 25.0 Å². The number of hydrogen-bond acceptors (Lipinski definition) is 5. The molecule has 0 fully saturated rings. The Morgan fingerprint density at radius 1 is 1.22 bits per heavy atom. The second-order valence-corrected chi connectivity index (χ2v) is 6.13. The number of aromatic nitrogens is 2. The van der Waals surface area contributed by atoms with Crippen LogP contribution in [0.15, 0.2) is 30.5 Å². The predicted octanol–water partition coefficient (Wildman–Crippen LogP) is 5.23. The fourth-order valence-electron chi connectivity index (χ4n) is 2.19. The number of anilines is 2. The highest BCUT2D eigenvalue weighted by atomic mass is 19.4. The molecule has 0 aliphatic carbocycles. The molecule has 1 heterocycles. The van der Waals surface area contributed by atoms with Crippen LogP contribution in [0.2, 0.25) is 0 Å². The standard InChI is InChI=1S/C19H24F3N3O2/c1-5-10-26-15-9-7-8-14(11-15)25(4)18-23-12-16(19(20,21)22)17(24-18)27-13(3)6-2/h7-9,11-13H,5-6,10H2,1-4H3. The van der Waals surface area contributed by atoms with E-state index in [0.717, 1.165) is 12.6 Å². The Labute approximate surface area is 157 Å². The zero-order chi connectivity index (χ0) is 20.0. The molecule has 0 saturated heterocycles. The van der Waals surface area contributed by atoms with Crippen LogP contribution in [0.4, 0.5) is 24.8 Å². The number of benzene rings is 1. The average Bonchev–Trinajstić information content (AvgIpc) is 2.64. The van der Waals surface area contributed by atoms with E-state index >= 15 is 0 Å². The van der Waals surface area contributed by atoms with Crippen molar-refractivity contribution in [3.05, 3.63) is 36.0 Å². The van der Waals surface area contributed by atoms with Crippen LogP contribution in [-0.4, -0.2) is 29.7 Å². The second kappa shape index (κ2) is 8.92. The number of nitrogens with zero attached hydrogens (tertiary/aromatic N) is 3. The van der Waals surface area contributed by atoms with Gasteiger partial charge in [0.05, 0.1) is 12.7 Å². The topological polar surface area (TPSA) is 47.5 Å². The zero-order valence-corrected chi connectivity index (χ0v) is 15.9. The maximum absolute atomic E-state index is 13.2. The molecule has 8 heteroatoms. The van der Waals surface area contributed by atoms with Crippen molar-refractivity contribution in [2.24, 2.45) is 0 Å². The van der Waals surface area contributed by atoms with Crippen molar-refractivity contribution in [3.63, 3.8) is 0 Å². The molecule has 0 N–H and O–H groups in total. The first-order chi connectivity index (χ1) is 12.8. The van der Waals surface area contributed by atoms with Crippen molar-refractivity contribution in [2.75, 3.05) is 18.6 Å². The Hall–Kier alpha value is -2.51. The van der Waals surface area contributed by atoms with Crippen LogP contribution in [0.3, 0.4) is 0 Å². The Morgan fingerprint density at radius 2 is 1.96 bits per heavy atom.